The van der Waals surface area contributed by atoms with Gasteiger partial charge in [0.15, 0.2) is 0 Å². The second-order valence-electron chi connectivity index (χ2n) is 8.02. The van der Waals surface area contributed by atoms with Crippen molar-refractivity contribution in [1.82, 2.24) is 0 Å². The molecule has 0 aliphatic heterocycles. The minimum absolute atomic E-state index is 0.0352. The van der Waals surface area contributed by atoms with Gasteiger partial charge in [-0.2, -0.15) is 0 Å². The highest BCUT2D eigenvalue weighted by atomic mass is 16.5. The lowest BCUT2D eigenvalue weighted by Crippen LogP contribution is -2.09. The number of benzene rings is 5. The Morgan fingerprint density at radius 3 is 2.00 bits per heavy atom. The van der Waals surface area contributed by atoms with E-state index < -0.39 is 11.6 Å². The first-order valence-electron chi connectivity index (χ1n) is 10.7. The standard InChI is InChI=1S/C29H18O4/c30-26-16-21(27-22-10-4-1-7-18(22)13-14-25(27)33-26)17-32-29(31)28-23-11-5-2-8-19(23)15-20-9-3-6-12-24(20)28/h1-16H,17H2. The van der Waals surface area contributed by atoms with Crippen molar-refractivity contribution in [3.8, 4) is 0 Å². The molecular formula is C29H18O4. The molecule has 0 atom stereocenters. The monoisotopic (exact) mass is 430 g/mol. The van der Waals surface area contributed by atoms with Crippen molar-refractivity contribution in [3.63, 3.8) is 0 Å². The third-order valence-corrected chi connectivity index (χ3v) is 6.05. The molecule has 0 bridgehead atoms. The molecule has 0 aliphatic carbocycles. The third kappa shape index (κ3) is 3.24. The molecular weight excluding hydrogens is 412 g/mol. The first kappa shape index (κ1) is 19.3. The number of hydrogen-bond acceptors (Lipinski definition) is 4. The van der Waals surface area contributed by atoms with E-state index in [1.807, 2.05) is 78.9 Å². The Hall–Kier alpha value is -4.44. The van der Waals surface area contributed by atoms with Crippen molar-refractivity contribution in [1.29, 1.82) is 0 Å². The molecule has 4 nitrogen and oxygen atoms in total. The van der Waals surface area contributed by atoms with E-state index in [1.165, 1.54) is 6.07 Å². The highest BCUT2D eigenvalue weighted by Gasteiger charge is 2.18. The van der Waals surface area contributed by atoms with Crippen LogP contribution >= 0.6 is 0 Å². The van der Waals surface area contributed by atoms with E-state index in [-0.39, 0.29) is 6.61 Å². The van der Waals surface area contributed by atoms with Crippen LogP contribution < -0.4 is 5.63 Å². The molecule has 0 unspecified atom stereocenters. The first-order chi connectivity index (χ1) is 16.2. The van der Waals surface area contributed by atoms with Crippen LogP contribution in [0.1, 0.15) is 15.9 Å². The smallest absolute Gasteiger partial charge is 0.339 e. The molecule has 158 valence electrons. The van der Waals surface area contributed by atoms with Gasteiger partial charge in [-0.05, 0) is 44.5 Å². The van der Waals surface area contributed by atoms with Gasteiger partial charge in [-0.25, -0.2) is 9.59 Å². The summed E-state index contributed by atoms with van der Waals surface area (Å²) in [6.07, 6.45) is 0. The normalized spacial score (nSPS) is 11.4. The fraction of sp³-hybridized carbons (Fsp3) is 0.0345. The molecule has 6 rings (SSSR count). The molecule has 0 N–H and O–H groups in total. The van der Waals surface area contributed by atoms with Gasteiger partial charge < -0.3 is 9.15 Å². The third-order valence-electron chi connectivity index (χ3n) is 6.05. The summed E-state index contributed by atoms with van der Waals surface area (Å²) in [6, 6.07) is 30.6. The van der Waals surface area contributed by atoms with Gasteiger partial charge in [0.1, 0.15) is 12.2 Å². The molecule has 6 aromatic rings. The average molecular weight is 430 g/mol. The Morgan fingerprint density at radius 1 is 0.697 bits per heavy atom. The van der Waals surface area contributed by atoms with Crippen LogP contribution in [0, 0.1) is 0 Å². The molecule has 4 heteroatoms. The lowest BCUT2D eigenvalue weighted by Gasteiger charge is -2.13. The molecule has 0 saturated heterocycles. The van der Waals surface area contributed by atoms with Gasteiger partial charge in [0.25, 0.3) is 0 Å². The van der Waals surface area contributed by atoms with E-state index in [9.17, 15) is 9.59 Å². The van der Waals surface area contributed by atoms with Crippen molar-refractivity contribution in [2.75, 3.05) is 0 Å². The minimum atomic E-state index is -0.473. The zero-order valence-corrected chi connectivity index (χ0v) is 17.6. The summed E-state index contributed by atoms with van der Waals surface area (Å²) in [6.45, 7) is -0.0352. The Balaban J connectivity index is 1.47. The first-order valence-corrected chi connectivity index (χ1v) is 10.7. The van der Waals surface area contributed by atoms with E-state index in [0.717, 1.165) is 37.7 Å². The van der Waals surface area contributed by atoms with E-state index in [2.05, 4.69) is 6.07 Å². The zero-order chi connectivity index (χ0) is 22.4. The molecule has 0 saturated carbocycles. The Bertz CT molecular complexity index is 1710. The summed E-state index contributed by atoms with van der Waals surface area (Å²) >= 11 is 0. The molecule has 0 fully saturated rings. The number of ether oxygens (including phenoxy) is 1. The SMILES string of the molecule is O=C(OCc1cc(=O)oc2ccc3ccccc3c12)c1c2ccccc2cc2ccccc12. The number of carbonyl (C=O) groups is 1. The molecule has 5 aromatic carbocycles. The van der Waals surface area contributed by atoms with Crippen LogP contribution in [0.15, 0.2) is 106 Å². The number of esters is 1. The van der Waals surface area contributed by atoms with Gasteiger partial charge in [0.05, 0.1) is 5.56 Å². The van der Waals surface area contributed by atoms with E-state index >= 15 is 0 Å². The highest BCUT2D eigenvalue weighted by Crippen LogP contribution is 2.31. The fourth-order valence-corrected chi connectivity index (χ4v) is 4.58. The summed E-state index contributed by atoms with van der Waals surface area (Å²) in [5.41, 5.74) is 1.15. The number of hydrogen-bond donors (Lipinski definition) is 0. The van der Waals surface area contributed by atoms with Crippen molar-refractivity contribution in [2.24, 2.45) is 0 Å². The topological polar surface area (TPSA) is 56.5 Å². The Labute approximate surface area is 188 Å². The molecule has 1 aromatic heterocycles. The summed E-state index contributed by atoms with van der Waals surface area (Å²) < 4.78 is 11.2. The van der Waals surface area contributed by atoms with Gasteiger partial charge >= 0.3 is 11.6 Å². The summed E-state index contributed by atoms with van der Waals surface area (Å²) in [5, 5.41) is 6.36. The van der Waals surface area contributed by atoms with Crippen molar-refractivity contribution < 1.29 is 13.9 Å². The van der Waals surface area contributed by atoms with E-state index in [4.69, 9.17) is 9.15 Å². The highest BCUT2D eigenvalue weighted by molar-refractivity contribution is 6.16. The van der Waals surface area contributed by atoms with Crippen LogP contribution in [0.5, 0.6) is 0 Å². The minimum Gasteiger partial charge on any atom is -0.457 e. The average Bonchev–Trinajstić information content (AvgIpc) is 2.85. The lowest BCUT2D eigenvalue weighted by molar-refractivity contribution is 0.0478. The van der Waals surface area contributed by atoms with E-state index in [0.29, 0.717) is 16.7 Å². The molecule has 0 amide bonds. The van der Waals surface area contributed by atoms with Crippen LogP contribution in [0.2, 0.25) is 0 Å². The predicted octanol–water partition coefficient (Wildman–Crippen LogP) is 6.61. The maximum absolute atomic E-state index is 13.4. The summed E-state index contributed by atoms with van der Waals surface area (Å²) in [4.78, 5) is 25.6. The molecule has 0 radical (unpaired) electrons. The van der Waals surface area contributed by atoms with Crippen LogP contribution in [-0.4, -0.2) is 5.97 Å². The van der Waals surface area contributed by atoms with Gasteiger partial charge in [0.2, 0.25) is 0 Å². The number of fused-ring (bicyclic) bond motifs is 5. The summed E-state index contributed by atoms with van der Waals surface area (Å²) in [5.74, 6) is -0.426. The summed E-state index contributed by atoms with van der Waals surface area (Å²) in [7, 11) is 0. The van der Waals surface area contributed by atoms with E-state index in [1.54, 1.807) is 6.07 Å². The predicted molar refractivity (Wildman–Crippen MR) is 131 cm³/mol. The van der Waals surface area contributed by atoms with Crippen LogP contribution in [0.4, 0.5) is 0 Å². The molecule has 0 aliphatic rings. The molecule has 0 spiro atoms. The van der Waals surface area contributed by atoms with Crippen molar-refractivity contribution >= 4 is 49.3 Å². The van der Waals surface area contributed by atoms with Gasteiger partial charge in [0, 0.05) is 17.0 Å². The number of carbonyl (C=O) groups excluding carboxylic acids is 1. The fourth-order valence-electron chi connectivity index (χ4n) is 4.58. The van der Waals surface area contributed by atoms with Gasteiger partial charge in [-0.3, -0.25) is 0 Å². The van der Waals surface area contributed by atoms with Crippen LogP contribution in [0.3, 0.4) is 0 Å². The second-order valence-corrected chi connectivity index (χ2v) is 8.02. The molecule has 33 heavy (non-hydrogen) atoms. The maximum atomic E-state index is 13.4. The van der Waals surface area contributed by atoms with Crippen molar-refractivity contribution in [3.05, 3.63) is 119 Å². The zero-order valence-electron chi connectivity index (χ0n) is 17.6. The quantitative estimate of drug-likeness (QED) is 0.137. The number of rotatable bonds is 3. The lowest BCUT2D eigenvalue weighted by atomic mass is 9.97. The van der Waals surface area contributed by atoms with Gasteiger partial charge in [-0.1, -0.05) is 78.9 Å². The van der Waals surface area contributed by atoms with Gasteiger partial charge in [-0.15, -0.1) is 0 Å². The van der Waals surface area contributed by atoms with Crippen LogP contribution in [0.25, 0.3) is 43.3 Å². The largest absolute Gasteiger partial charge is 0.457 e. The second kappa shape index (κ2) is 7.61. The Morgan fingerprint density at radius 2 is 1.30 bits per heavy atom. The Kier molecular flexibility index (Phi) is 4.44. The van der Waals surface area contributed by atoms with Crippen LogP contribution in [-0.2, 0) is 11.3 Å². The molecule has 1 heterocycles. The maximum Gasteiger partial charge on any atom is 0.339 e. The van der Waals surface area contributed by atoms with Crippen molar-refractivity contribution in [2.45, 2.75) is 6.61 Å².